The summed E-state index contributed by atoms with van der Waals surface area (Å²) in [6.45, 7) is 8.89. The van der Waals surface area contributed by atoms with Crippen molar-refractivity contribution in [3.63, 3.8) is 0 Å². The first-order chi connectivity index (χ1) is 10.1. The number of hydrogen-bond donors (Lipinski definition) is 1. The summed E-state index contributed by atoms with van der Waals surface area (Å²) < 4.78 is 10.9. The third kappa shape index (κ3) is 7.82. The highest BCUT2D eigenvalue weighted by atomic mass is 16.5. The minimum absolute atomic E-state index is 0.131. The van der Waals surface area contributed by atoms with Gasteiger partial charge < -0.3 is 14.8 Å². The maximum absolute atomic E-state index is 12.1. The molecule has 0 aliphatic heterocycles. The molecule has 0 aromatic rings. The third-order valence-electron chi connectivity index (χ3n) is 4.07. The van der Waals surface area contributed by atoms with Crippen LogP contribution in [0.5, 0.6) is 0 Å². The van der Waals surface area contributed by atoms with Crippen LogP contribution in [0.4, 0.5) is 0 Å². The highest BCUT2D eigenvalue weighted by molar-refractivity contribution is 5.80. The second-order valence-corrected chi connectivity index (χ2v) is 6.28. The van der Waals surface area contributed by atoms with Crippen LogP contribution in [0.3, 0.4) is 0 Å². The van der Waals surface area contributed by atoms with E-state index < -0.39 is 5.54 Å². The Morgan fingerprint density at radius 1 is 1.24 bits per heavy atom. The lowest BCUT2D eigenvalue weighted by Gasteiger charge is -2.28. The Labute approximate surface area is 130 Å². The van der Waals surface area contributed by atoms with Crippen molar-refractivity contribution < 1.29 is 14.3 Å². The van der Waals surface area contributed by atoms with E-state index in [1.165, 1.54) is 19.3 Å². The molecule has 0 spiro atoms. The Balaban J connectivity index is 2.16. The van der Waals surface area contributed by atoms with Crippen molar-refractivity contribution in [3.05, 3.63) is 0 Å². The molecule has 21 heavy (non-hydrogen) atoms. The summed E-state index contributed by atoms with van der Waals surface area (Å²) in [6.07, 6.45) is 7.81. The minimum atomic E-state index is -0.556. The van der Waals surface area contributed by atoms with E-state index in [1.807, 2.05) is 13.8 Å². The zero-order valence-corrected chi connectivity index (χ0v) is 14.1. The SMILES string of the molecule is CCCNC(C)(CCCCOCCC1CC1)C(=O)OCC. The monoisotopic (exact) mass is 299 g/mol. The number of unbranched alkanes of at least 4 members (excludes halogenated alkanes) is 1. The van der Waals surface area contributed by atoms with Gasteiger partial charge in [0, 0.05) is 13.2 Å². The molecule has 1 aliphatic rings. The Morgan fingerprint density at radius 3 is 2.62 bits per heavy atom. The minimum Gasteiger partial charge on any atom is -0.465 e. The van der Waals surface area contributed by atoms with E-state index in [1.54, 1.807) is 0 Å². The van der Waals surface area contributed by atoms with Crippen LogP contribution in [-0.4, -0.2) is 37.9 Å². The zero-order valence-electron chi connectivity index (χ0n) is 14.1. The summed E-state index contributed by atoms with van der Waals surface area (Å²) in [5.41, 5.74) is -0.556. The zero-order chi connectivity index (χ0) is 15.6. The fourth-order valence-corrected chi connectivity index (χ4v) is 2.40. The van der Waals surface area contributed by atoms with E-state index in [9.17, 15) is 4.79 Å². The van der Waals surface area contributed by atoms with Gasteiger partial charge in [0.1, 0.15) is 5.54 Å². The lowest BCUT2D eigenvalue weighted by atomic mass is 9.94. The van der Waals surface area contributed by atoms with Crippen molar-refractivity contribution in [1.82, 2.24) is 5.32 Å². The quantitative estimate of drug-likeness (QED) is 0.419. The molecule has 1 N–H and O–H groups in total. The van der Waals surface area contributed by atoms with Gasteiger partial charge in [0.05, 0.1) is 6.61 Å². The van der Waals surface area contributed by atoms with Crippen molar-refractivity contribution in [2.75, 3.05) is 26.4 Å². The van der Waals surface area contributed by atoms with Crippen LogP contribution in [0.2, 0.25) is 0 Å². The second kappa shape index (κ2) is 10.2. The second-order valence-electron chi connectivity index (χ2n) is 6.28. The first-order valence-corrected chi connectivity index (χ1v) is 8.62. The molecular weight excluding hydrogens is 266 g/mol. The maximum Gasteiger partial charge on any atom is 0.326 e. The number of hydrogen-bond acceptors (Lipinski definition) is 4. The van der Waals surface area contributed by atoms with Gasteiger partial charge in [0.25, 0.3) is 0 Å². The molecule has 1 unspecified atom stereocenters. The van der Waals surface area contributed by atoms with Crippen LogP contribution in [0.15, 0.2) is 0 Å². The fourth-order valence-electron chi connectivity index (χ4n) is 2.40. The molecule has 0 amide bonds. The Hall–Kier alpha value is -0.610. The van der Waals surface area contributed by atoms with Gasteiger partial charge in [-0.3, -0.25) is 4.79 Å². The molecular formula is C17H33NO3. The molecule has 0 bridgehead atoms. The molecule has 0 aromatic heterocycles. The lowest BCUT2D eigenvalue weighted by molar-refractivity contribution is -0.150. The Bertz CT molecular complexity index is 292. The molecule has 1 saturated carbocycles. The first-order valence-electron chi connectivity index (χ1n) is 8.62. The molecule has 124 valence electrons. The molecule has 0 saturated heterocycles. The largest absolute Gasteiger partial charge is 0.465 e. The molecule has 4 nitrogen and oxygen atoms in total. The Morgan fingerprint density at radius 2 is 2.00 bits per heavy atom. The number of esters is 1. The average molecular weight is 299 g/mol. The van der Waals surface area contributed by atoms with Gasteiger partial charge in [-0.15, -0.1) is 0 Å². The summed E-state index contributed by atoms with van der Waals surface area (Å²) in [5.74, 6) is 0.809. The number of carbonyl (C=O) groups excluding carboxylic acids is 1. The summed E-state index contributed by atoms with van der Waals surface area (Å²) in [4.78, 5) is 12.1. The van der Waals surface area contributed by atoms with Crippen LogP contribution in [0.25, 0.3) is 0 Å². The van der Waals surface area contributed by atoms with Gasteiger partial charge in [0.15, 0.2) is 0 Å². The van der Waals surface area contributed by atoms with Crippen LogP contribution in [0, 0.1) is 5.92 Å². The predicted molar refractivity (Wildman–Crippen MR) is 85.3 cm³/mol. The summed E-state index contributed by atoms with van der Waals surface area (Å²) in [7, 11) is 0. The van der Waals surface area contributed by atoms with E-state index in [-0.39, 0.29) is 5.97 Å². The van der Waals surface area contributed by atoms with Crippen molar-refractivity contribution in [2.45, 2.75) is 71.3 Å². The van der Waals surface area contributed by atoms with Crippen molar-refractivity contribution in [1.29, 1.82) is 0 Å². The third-order valence-corrected chi connectivity index (χ3v) is 4.07. The predicted octanol–water partition coefficient (Wildman–Crippen LogP) is 3.29. The molecule has 1 fully saturated rings. The van der Waals surface area contributed by atoms with Gasteiger partial charge in [-0.05, 0) is 58.4 Å². The van der Waals surface area contributed by atoms with Crippen molar-refractivity contribution in [2.24, 2.45) is 5.92 Å². The number of carbonyl (C=O) groups is 1. The van der Waals surface area contributed by atoms with Gasteiger partial charge in [-0.2, -0.15) is 0 Å². The highest BCUT2D eigenvalue weighted by Crippen LogP contribution is 2.32. The molecule has 1 atom stereocenters. The molecule has 1 aliphatic carbocycles. The van der Waals surface area contributed by atoms with Crippen molar-refractivity contribution >= 4 is 5.97 Å². The number of rotatable bonds is 13. The maximum atomic E-state index is 12.1. The van der Waals surface area contributed by atoms with Crippen LogP contribution in [0.1, 0.15) is 65.7 Å². The summed E-state index contributed by atoms with van der Waals surface area (Å²) in [5, 5.41) is 3.34. The lowest BCUT2D eigenvalue weighted by Crippen LogP contribution is -2.50. The average Bonchev–Trinajstić information content (AvgIpc) is 3.28. The molecule has 0 heterocycles. The van der Waals surface area contributed by atoms with E-state index >= 15 is 0 Å². The van der Waals surface area contributed by atoms with Crippen molar-refractivity contribution in [3.8, 4) is 0 Å². The van der Waals surface area contributed by atoms with Crippen LogP contribution < -0.4 is 5.32 Å². The van der Waals surface area contributed by atoms with Crippen LogP contribution >= 0.6 is 0 Å². The number of ether oxygens (including phenoxy) is 2. The van der Waals surface area contributed by atoms with E-state index in [0.717, 1.165) is 51.4 Å². The molecule has 0 radical (unpaired) electrons. The summed E-state index contributed by atoms with van der Waals surface area (Å²) >= 11 is 0. The standard InChI is InChI=1S/C17H33NO3/c1-4-12-18-17(3,16(19)21-5-2)11-6-7-13-20-14-10-15-8-9-15/h15,18H,4-14H2,1-3H3. The van der Waals surface area contributed by atoms with Gasteiger partial charge in [-0.1, -0.05) is 19.8 Å². The summed E-state index contributed by atoms with van der Waals surface area (Å²) in [6, 6.07) is 0. The molecule has 1 rings (SSSR count). The smallest absolute Gasteiger partial charge is 0.326 e. The van der Waals surface area contributed by atoms with E-state index in [0.29, 0.717) is 6.61 Å². The van der Waals surface area contributed by atoms with Gasteiger partial charge >= 0.3 is 5.97 Å². The molecule has 4 heteroatoms. The van der Waals surface area contributed by atoms with Gasteiger partial charge in [0.2, 0.25) is 0 Å². The van der Waals surface area contributed by atoms with E-state index in [2.05, 4.69) is 12.2 Å². The highest BCUT2D eigenvalue weighted by Gasteiger charge is 2.33. The van der Waals surface area contributed by atoms with Gasteiger partial charge in [-0.25, -0.2) is 0 Å². The normalized spacial score (nSPS) is 17.5. The first kappa shape index (κ1) is 18.4. The molecule has 0 aromatic carbocycles. The fraction of sp³-hybridized carbons (Fsp3) is 0.941. The van der Waals surface area contributed by atoms with E-state index in [4.69, 9.17) is 9.47 Å². The topological polar surface area (TPSA) is 47.6 Å². The van der Waals surface area contributed by atoms with Crippen LogP contribution in [-0.2, 0) is 14.3 Å². The Kier molecular flexibility index (Phi) is 8.93. The number of nitrogens with one attached hydrogen (secondary N) is 1.